The maximum Gasteiger partial charge on any atom is 0.161 e. The van der Waals surface area contributed by atoms with Crippen LogP contribution in [0.15, 0.2) is 24.3 Å². The van der Waals surface area contributed by atoms with Crippen LogP contribution >= 0.6 is 11.8 Å². The average molecular weight is 223 g/mol. The van der Waals surface area contributed by atoms with Gasteiger partial charge in [0.15, 0.2) is 5.78 Å². The number of hydrogen-bond acceptors (Lipinski definition) is 4. The van der Waals surface area contributed by atoms with Gasteiger partial charge in [-0.2, -0.15) is 11.8 Å². The molecule has 0 spiro atoms. The minimum atomic E-state index is 0.168. The first-order chi connectivity index (χ1) is 7.26. The second kappa shape index (κ2) is 6.24. The Bertz CT molecular complexity index is 335. The minimum Gasteiger partial charge on any atom is -0.378 e. The van der Waals surface area contributed by atoms with Crippen LogP contribution in [0.4, 0.5) is 5.69 Å². The minimum absolute atomic E-state index is 0.168. The molecule has 0 bridgehead atoms. The third-order valence-corrected chi connectivity index (χ3v) is 2.45. The van der Waals surface area contributed by atoms with Crippen molar-refractivity contribution in [3.05, 3.63) is 29.8 Å². The molecule has 0 aliphatic rings. The molecule has 1 rings (SSSR count). The summed E-state index contributed by atoms with van der Waals surface area (Å²) < 4.78 is 0. The molecule has 0 saturated heterocycles. The van der Waals surface area contributed by atoms with Crippen LogP contribution < -0.4 is 5.32 Å². The molecule has 4 heteroatoms. The SMILES string of the molecule is CSCC(=O)CNc1ccc(C=O)cc1. The quantitative estimate of drug-likeness (QED) is 0.747. The van der Waals surface area contributed by atoms with Gasteiger partial charge in [-0.15, -0.1) is 0 Å². The summed E-state index contributed by atoms with van der Waals surface area (Å²) in [5, 5.41) is 3.00. The van der Waals surface area contributed by atoms with Crippen molar-refractivity contribution in [1.29, 1.82) is 0 Å². The lowest BCUT2D eigenvalue weighted by atomic mass is 10.2. The van der Waals surface area contributed by atoms with Crippen LogP contribution in [0.3, 0.4) is 0 Å². The molecule has 0 radical (unpaired) electrons. The van der Waals surface area contributed by atoms with E-state index in [1.54, 1.807) is 24.3 Å². The van der Waals surface area contributed by atoms with Crippen molar-refractivity contribution < 1.29 is 9.59 Å². The highest BCUT2D eigenvalue weighted by atomic mass is 32.2. The molecule has 0 heterocycles. The number of anilines is 1. The lowest BCUT2D eigenvalue weighted by Crippen LogP contribution is -2.15. The normalized spacial score (nSPS) is 9.67. The van der Waals surface area contributed by atoms with E-state index in [1.807, 2.05) is 6.26 Å². The first-order valence-corrected chi connectivity index (χ1v) is 5.95. The van der Waals surface area contributed by atoms with Gasteiger partial charge in [0.1, 0.15) is 6.29 Å². The summed E-state index contributed by atoms with van der Waals surface area (Å²) in [7, 11) is 0. The second-order valence-corrected chi connectivity index (χ2v) is 3.93. The lowest BCUT2D eigenvalue weighted by molar-refractivity contribution is -0.115. The fourth-order valence-corrected chi connectivity index (χ4v) is 1.52. The smallest absolute Gasteiger partial charge is 0.161 e. The molecule has 0 aliphatic heterocycles. The van der Waals surface area contributed by atoms with Crippen molar-refractivity contribution in [1.82, 2.24) is 0 Å². The third-order valence-electron chi connectivity index (χ3n) is 1.84. The molecule has 3 nitrogen and oxygen atoms in total. The Balaban J connectivity index is 2.44. The Morgan fingerprint density at radius 3 is 2.60 bits per heavy atom. The molecule has 0 aromatic heterocycles. The number of benzene rings is 1. The molecule has 1 aromatic carbocycles. The molecule has 0 unspecified atom stereocenters. The van der Waals surface area contributed by atoms with E-state index in [-0.39, 0.29) is 5.78 Å². The van der Waals surface area contributed by atoms with E-state index in [2.05, 4.69) is 5.32 Å². The number of carbonyl (C=O) groups excluding carboxylic acids is 2. The first kappa shape index (κ1) is 11.8. The van der Waals surface area contributed by atoms with Crippen LogP contribution in [0, 0.1) is 0 Å². The number of carbonyl (C=O) groups is 2. The van der Waals surface area contributed by atoms with Crippen LogP contribution in [0.25, 0.3) is 0 Å². The summed E-state index contributed by atoms with van der Waals surface area (Å²) in [6.07, 6.45) is 2.69. The lowest BCUT2D eigenvalue weighted by Gasteiger charge is -2.04. The van der Waals surface area contributed by atoms with Gasteiger partial charge in [0.25, 0.3) is 0 Å². The summed E-state index contributed by atoms with van der Waals surface area (Å²) in [6.45, 7) is 0.335. The van der Waals surface area contributed by atoms with Crippen molar-refractivity contribution in [2.24, 2.45) is 0 Å². The van der Waals surface area contributed by atoms with E-state index in [4.69, 9.17) is 0 Å². The van der Waals surface area contributed by atoms with E-state index >= 15 is 0 Å². The molecule has 1 aromatic rings. The van der Waals surface area contributed by atoms with Crippen LogP contribution in [-0.4, -0.2) is 30.6 Å². The number of hydrogen-bond donors (Lipinski definition) is 1. The largest absolute Gasteiger partial charge is 0.378 e. The molecular formula is C11H13NO2S. The van der Waals surface area contributed by atoms with Gasteiger partial charge in [0.2, 0.25) is 0 Å². The molecular weight excluding hydrogens is 210 g/mol. The number of Topliss-reactive ketones (excluding diaryl/α,β-unsaturated/α-hetero) is 1. The topological polar surface area (TPSA) is 46.2 Å². The molecule has 15 heavy (non-hydrogen) atoms. The van der Waals surface area contributed by atoms with Crippen molar-refractivity contribution in [3.63, 3.8) is 0 Å². The Morgan fingerprint density at radius 1 is 1.40 bits per heavy atom. The maximum atomic E-state index is 11.2. The average Bonchev–Trinajstić information content (AvgIpc) is 2.27. The zero-order valence-electron chi connectivity index (χ0n) is 8.53. The van der Waals surface area contributed by atoms with Crippen LogP contribution in [-0.2, 0) is 4.79 Å². The van der Waals surface area contributed by atoms with Crippen molar-refractivity contribution in [3.8, 4) is 0 Å². The molecule has 0 aliphatic carbocycles. The summed E-state index contributed by atoms with van der Waals surface area (Å²) >= 11 is 1.52. The van der Waals surface area contributed by atoms with Crippen molar-refractivity contribution in [2.45, 2.75) is 0 Å². The van der Waals surface area contributed by atoms with Gasteiger partial charge in [-0.3, -0.25) is 9.59 Å². The molecule has 0 fully saturated rings. The summed E-state index contributed by atoms with van der Waals surface area (Å²) in [6, 6.07) is 7.01. The summed E-state index contributed by atoms with van der Waals surface area (Å²) in [5.41, 5.74) is 1.49. The highest BCUT2D eigenvalue weighted by Gasteiger charge is 1.99. The Morgan fingerprint density at radius 2 is 2.07 bits per heavy atom. The highest BCUT2D eigenvalue weighted by molar-refractivity contribution is 7.99. The van der Waals surface area contributed by atoms with E-state index in [0.29, 0.717) is 17.9 Å². The third kappa shape index (κ3) is 4.16. The first-order valence-electron chi connectivity index (χ1n) is 4.56. The van der Waals surface area contributed by atoms with Crippen molar-refractivity contribution in [2.75, 3.05) is 23.9 Å². The van der Waals surface area contributed by atoms with E-state index in [1.165, 1.54) is 11.8 Å². The monoisotopic (exact) mass is 223 g/mol. The number of rotatable bonds is 6. The summed E-state index contributed by atoms with van der Waals surface area (Å²) in [4.78, 5) is 21.6. The Kier molecular flexibility index (Phi) is 4.90. The second-order valence-electron chi connectivity index (χ2n) is 3.07. The van der Waals surface area contributed by atoms with Gasteiger partial charge >= 0.3 is 0 Å². The van der Waals surface area contributed by atoms with E-state index < -0.39 is 0 Å². The molecule has 1 N–H and O–H groups in total. The van der Waals surface area contributed by atoms with Gasteiger partial charge < -0.3 is 5.32 Å². The Hall–Kier alpha value is -1.29. The highest BCUT2D eigenvalue weighted by Crippen LogP contribution is 2.07. The van der Waals surface area contributed by atoms with E-state index in [9.17, 15) is 9.59 Å². The zero-order chi connectivity index (χ0) is 11.1. The van der Waals surface area contributed by atoms with Gasteiger partial charge in [0, 0.05) is 11.3 Å². The zero-order valence-corrected chi connectivity index (χ0v) is 9.34. The molecule has 80 valence electrons. The van der Waals surface area contributed by atoms with Gasteiger partial charge in [-0.05, 0) is 30.5 Å². The number of nitrogens with one attached hydrogen (secondary N) is 1. The number of aldehydes is 1. The number of thioether (sulfide) groups is 1. The van der Waals surface area contributed by atoms with Crippen LogP contribution in [0.5, 0.6) is 0 Å². The predicted molar refractivity (Wildman–Crippen MR) is 63.7 cm³/mol. The van der Waals surface area contributed by atoms with E-state index in [0.717, 1.165) is 12.0 Å². The van der Waals surface area contributed by atoms with Gasteiger partial charge in [-0.25, -0.2) is 0 Å². The standard InChI is InChI=1S/C11H13NO2S/c1-15-8-11(14)6-12-10-4-2-9(7-13)3-5-10/h2-5,7,12H,6,8H2,1H3. The Labute approximate surface area is 93.3 Å². The van der Waals surface area contributed by atoms with Crippen LogP contribution in [0.1, 0.15) is 10.4 Å². The predicted octanol–water partition coefficient (Wildman–Crippen LogP) is 1.84. The number of ketones is 1. The van der Waals surface area contributed by atoms with Crippen molar-refractivity contribution >= 4 is 29.5 Å². The van der Waals surface area contributed by atoms with Gasteiger partial charge in [-0.1, -0.05) is 0 Å². The summed E-state index contributed by atoms with van der Waals surface area (Å²) in [5.74, 6) is 0.696. The fraction of sp³-hybridized carbons (Fsp3) is 0.273. The fourth-order valence-electron chi connectivity index (χ4n) is 1.09. The maximum absolute atomic E-state index is 11.2. The molecule has 0 saturated carbocycles. The molecule has 0 amide bonds. The molecule has 0 atom stereocenters. The van der Waals surface area contributed by atoms with Gasteiger partial charge in [0.05, 0.1) is 12.3 Å². The van der Waals surface area contributed by atoms with Crippen LogP contribution in [0.2, 0.25) is 0 Å².